The van der Waals surface area contributed by atoms with Gasteiger partial charge < -0.3 is 29.9 Å². The fourth-order valence-corrected chi connectivity index (χ4v) is 5.53. The van der Waals surface area contributed by atoms with Crippen LogP contribution < -0.4 is 22.5 Å². The predicted molar refractivity (Wildman–Crippen MR) is 112 cm³/mol. The Balaban J connectivity index is 2.12. The summed E-state index contributed by atoms with van der Waals surface area (Å²) in [6, 6.07) is 1.98. The number of alkyl halides is 1. The first-order valence-corrected chi connectivity index (χ1v) is 10.8. The minimum absolute atomic E-state index is 0.456. The molecule has 4 rings (SSSR count). The van der Waals surface area contributed by atoms with Crippen LogP contribution in [0, 0.1) is 0 Å². The van der Waals surface area contributed by atoms with Crippen molar-refractivity contribution in [3.63, 3.8) is 0 Å². The van der Waals surface area contributed by atoms with Gasteiger partial charge in [-0.2, -0.15) is 0 Å². The molecular weight excluding hydrogens is 512 g/mol. The van der Waals surface area contributed by atoms with Gasteiger partial charge >= 0.3 is 11.4 Å². The minimum atomic E-state index is -2.21. The Labute approximate surface area is 191 Å². The number of hydrogen-bond donors (Lipinski definition) is 6. The minimum Gasteiger partial charge on any atom is -0.394 e. The van der Waals surface area contributed by atoms with Crippen LogP contribution in [0.25, 0.3) is 0 Å². The largest absolute Gasteiger partial charge is 0.394 e. The molecule has 2 aliphatic rings. The number of aliphatic hydroxyl groups excluding tert-OH is 4. The second-order valence-corrected chi connectivity index (χ2v) is 8.77. The Hall–Kier alpha value is -2.40. The molecule has 2 aliphatic heterocycles. The Morgan fingerprint density at radius 2 is 1.48 bits per heavy atom. The first-order valence-electron chi connectivity index (χ1n) is 9.84. The zero-order valence-electron chi connectivity index (χ0n) is 16.8. The van der Waals surface area contributed by atoms with Crippen LogP contribution >= 0.6 is 15.9 Å². The van der Waals surface area contributed by atoms with E-state index in [9.17, 15) is 39.6 Å². The maximum atomic E-state index is 12.9. The van der Waals surface area contributed by atoms with Crippen LogP contribution in [0.1, 0.15) is 6.42 Å². The number of H-pyrrole nitrogens is 2. The summed E-state index contributed by atoms with van der Waals surface area (Å²) in [4.78, 5) is 52.1. The number of aromatic nitrogens is 4. The molecule has 2 saturated heterocycles. The van der Waals surface area contributed by atoms with Gasteiger partial charge in [-0.05, 0) is 0 Å². The number of nitrogens with one attached hydrogen (secondary N) is 2. The molecule has 180 valence electrons. The SMILES string of the molecule is O=c1ccn([C@]2([C@]3(n4ccc(=O)[nH]c4=O)C[C@H](O)[C@@H](CO)O3)O[C@H](CO)[C@@H](O)[C@H]2Br)c(=O)[nH]1. The third kappa shape index (κ3) is 3.39. The molecule has 7 atom stereocenters. The lowest BCUT2D eigenvalue weighted by molar-refractivity contribution is -0.283. The second-order valence-electron chi connectivity index (χ2n) is 7.78. The molecule has 0 spiro atoms. The highest BCUT2D eigenvalue weighted by Gasteiger charge is 2.71. The zero-order valence-corrected chi connectivity index (χ0v) is 18.4. The van der Waals surface area contributed by atoms with Crippen LogP contribution in [0.2, 0.25) is 0 Å². The fraction of sp³-hybridized carbons (Fsp3) is 0.556. The number of ether oxygens (including phenoxy) is 2. The van der Waals surface area contributed by atoms with Gasteiger partial charge in [-0.3, -0.25) is 28.7 Å². The maximum absolute atomic E-state index is 12.9. The molecule has 2 aromatic heterocycles. The van der Waals surface area contributed by atoms with E-state index in [1.165, 1.54) is 0 Å². The van der Waals surface area contributed by atoms with Crippen LogP contribution in [0.3, 0.4) is 0 Å². The van der Waals surface area contributed by atoms with Gasteiger partial charge in [-0.15, -0.1) is 0 Å². The van der Waals surface area contributed by atoms with Crippen molar-refractivity contribution in [2.24, 2.45) is 0 Å². The van der Waals surface area contributed by atoms with Gasteiger partial charge in [-0.25, -0.2) is 9.59 Å². The summed E-state index contributed by atoms with van der Waals surface area (Å²) in [7, 11) is 0. The first-order chi connectivity index (χ1) is 15.6. The number of nitrogens with zero attached hydrogens (tertiary/aromatic N) is 2. The van der Waals surface area contributed by atoms with E-state index >= 15 is 0 Å². The summed E-state index contributed by atoms with van der Waals surface area (Å²) >= 11 is 3.29. The van der Waals surface area contributed by atoms with Crippen LogP contribution in [0.4, 0.5) is 0 Å². The summed E-state index contributed by atoms with van der Waals surface area (Å²) in [5, 5.41) is 41.0. The van der Waals surface area contributed by atoms with Gasteiger partial charge in [-0.1, -0.05) is 15.9 Å². The summed E-state index contributed by atoms with van der Waals surface area (Å²) in [6.07, 6.45) is -3.75. The van der Waals surface area contributed by atoms with Crippen molar-refractivity contribution in [1.82, 2.24) is 19.1 Å². The quantitative estimate of drug-likeness (QED) is 0.206. The lowest BCUT2D eigenvalue weighted by Gasteiger charge is -2.47. The number of halogens is 1. The highest BCUT2D eigenvalue weighted by Crippen LogP contribution is 2.55. The van der Waals surface area contributed by atoms with Crippen molar-refractivity contribution in [2.75, 3.05) is 13.2 Å². The molecule has 0 aliphatic carbocycles. The van der Waals surface area contributed by atoms with Crippen molar-refractivity contribution < 1.29 is 29.9 Å². The number of rotatable bonds is 5. The summed E-state index contributed by atoms with van der Waals surface area (Å²) in [5.74, 6) is 0. The molecule has 0 bridgehead atoms. The second kappa shape index (κ2) is 8.43. The third-order valence-electron chi connectivity index (χ3n) is 5.96. The lowest BCUT2D eigenvalue weighted by Crippen LogP contribution is -2.66. The molecule has 0 amide bonds. The van der Waals surface area contributed by atoms with Gasteiger partial charge in [0.05, 0.1) is 30.2 Å². The Morgan fingerprint density at radius 1 is 0.939 bits per heavy atom. The molecule has 6 N–H and O–H groups in total. The Kier molecular flexibility index (Phi) is 6.06. The van der Waals surface area contributed by atoms with E-state index in [4.69, 9.17) is 9.47 Å². The van der Waals surface area contributed by atoms with Gasteiger partial charge in [0.25, 0.3) is 11.1 Å². The summed E-state index contributed by atoms with van der Waals surface area (Å²) in [5.41, 5.74) is -7.88. The van der Waals surface area contributed by atoms with Gasteiger partial charge in [0.2, 0.25) is 11.4 Å². The summed E-state index contributed by atoms with van der Waals surface area (Å²) < 4.78 is 13.7. The molecule has 0 saturated carbocycles. The van der Waals surface area contributed by atoms with E-state index < -0.39 is 82.8 Å². The van der Waals surface area contributed by atoms with E-state index in [1.54, 1.807) is 0 Å². The predicted octanol–water partition coefficient (Wildman–Crippen LogP) is -3.95. The van der Waals surface area contributed by atoms with E-state index in [0.717, 1.165) is 33.7 Å². The standard InChI is InChI=1S/C18H21BrN4O10/c19-14-13(29)10(7-25)33-18(14,23-4-2-12(28)21-16(23)31)17(5-8(26)9(6-24)32-17)22-3-1-11(27)20-15(22)30/h1-4,8-10,13-14,24-26,29H,5-7H2,(H,20,27,30)(H,21,28,31)/t8-,9+,10+,13+,14+,17-,18-/m0/s1. The third-order valence-corrected chi connectivity index (χ3v) is 7.12. The molecule has 4 heterocycles. The zero-order chi connectivity index (χ0) is 24.1. The van der Waals surface area contributed by atoms with Crippen LogP contribution in [-0.4, -0.2) is 82.0 Å². The topological polar surface area (TPSA) is 209 Å². The van der Waals surface area contributed by atoms with Crippen molar-refractivity contribution in [3.05, 3.63) is 66.2 Å². The monoisotopic (exact) mass is 532 g/mol. The smallest absolute Gasteiger partial charge is 0.330 e. The normalized spacial score (nSPS) is 36.3. The molecule has 33 heavy (non-hydrogen) atoms. The number of hydrogen-bond acceptors (Lipinski definition) is 10. The molecule has 0 unspecified atom stereocenters. The van der Waals surface area contributed by atoms with Crippen molar-refractivity contribution in [1.29, 1.82) is 0 Å². The van der Waals surface area contributed by atoms with E-state index in [2.05, 4.69) is 25.9 Å². The van der Waals surface area contributed by atoms with Crippen molar-refractivity contribution >= 4 is 15.9 Å². The fourth-order valence-electron chi connectivity index (χ4n) is 4.51. The molecule has 0 aromatic carbocycles. The van der Waals surface area contributed by atoms with Crippen LogP contribution in [0.5, 0.6) is 0 Å². The lowest BCUT2D eigenvalue weighted by atomic mass is 9.89. The first kappa shape index (κ1) is 23.7. The van der Waals surface area contributed by atoms with Crippen molar-refractivity contribution in [3.8, 4) is 0 Å². The van der Waals surface area contributed by atoms with Crippen LogP contribution in [0.15, 0.2) is 43.7 Å². The Bertz CT molecular complexity index is 1270. The molecule has 2 fully saturated rings. The van der Waals surface area contributed by atoms with E-state index in [1.807, 2.05) is 0 Å². The van der Waals surface area contributed by atoms with E-state index in [0.29, 0.717) is 0 Å². The number of aliphatic hydroxyl groups is 4. The molecular formula is C18H21BrN4O10. The highest BCUT2D eigenvalue weighted by atomic mass is 79.9. The van der Waals surface area contributed by atoms with E-state index in [-0.39, 0.29) is 0 Å². The average molecular weight is 533 g/mol. The van der Waals surface area contributed by atoms with Gasteiger partial charge in [0, 0.05) is 30.9 Å². The molecule has 14 nitrogen and oxygen atoms in total. The van der Waals surface area contributed by atoms with Crippen molar-refractivity contribution in [2.45, 2.75) is 47.1 Å². The average Bonchev–Trinajstić information content (AvgIpc) is 3.24. The van der Waals surface area contributed by atoms with Gasteiger partial charge in [0.1, 0.15) is 12.2 Å². The summed E-state index contributed by atoms with van der Waals surface area (Å²) in [6.45, 7) is -1.39. The number of aromatic amines is 2. The Morgan fingerprint density at radius 3 is 1.94 bits per heavy atom. The molecule has 15 heteroatoms. The molecule has 2 aromatic rings. The van der Waals surface area contributed by atoms with Crippen LogP contribution in [-0.2, 0) is 20.9 Å². The highest BCUT2D eigenvalue weighted by molar-refractivity contribution is 9.09. The maximum Gasteiger partial charge on any atom is 0.330 e. The van der Waals surface area contributed by atoms with Gasteiger partial charge in [0.15, 0.2) is 0 Å². The molecule has 0 radical (unpaired) electrons.